The van der Waals surface area contributed by atoms with Crippen LogP contribution in [0.15, 0.2) is 12.1 Å². The number of phenolic OH excluding ortho intramolecular Hbond substituents is 1. The zero-order chi connectivity index (χ0) is 15.2. The van der Waals surface area contributed by atoms with E-state index in [0.29, 0.717) is 10.0 Å². The summed E-state index contributed by atoms with van der Waals surface area (Å²) in [5, 5.41) is 14.7. The molecule has 1 aliphatic heterocycles. The molecule has 0 spiro atoms. The minimum atomic E-state index is 0. The average Bonchev–Trinajstić information content (AvgIpc) is 2.45. The maximum atomic E-state index is 10.3. The fraction of sp³-hybridized carbons (Fsp3) is 0.625. The standard InChI is InChI=1S/C16H24Cl2N2O.2ClH/c1-2-3-4-5-14(20-8-6-19-7-9-20)16-13(18)10-12(17)11-15(16)21;;/h10-11,14,19,21H,2-9H2,1H3;2*1H/t14-;;/m0../s1. The molecule has 7 heteroatoms. The van der Waals surface area contributed by atoms with Crippen molar-refractivity contribution in [3.63, 3.8) is 0 Å². The molecule has 1 aliphatic rings. The van der Waals surface area contributed by atoms with Crippen molar-refractivity contribution < 1.29 is 5.11 Å². The highest BCUT2D eigenvalue weighted by Crippen LogP contribution is 2.39. The SMILES string of the molecule is CCCCC[C@@H](c1c(O)cc(Cl)cc1Cl)N1CCNCC1.Cl.Cl. The Kier molecular flexibility index (Phi) is 11.7. The predicted octanol–water partition coefficient (Wildman–Crippen LogP) is 5.07. The largest absolute Gasteiger partial charge is 0.508 e. The number of rotatable bonds is 6. The molecule has 1 heterocycles. The molecule has 0 bridgehead atoms. The van der Waals surface area contributed by atoms with Gasteiger partial charge in [0.25, 0.3) is 0 Å². The van der Waals surface area contributed by atoms with Gasteiger partial charge in [0.15, 0.2) is 0 Å². The Labute approximate surface area is 161 Å². The summed E-state index contributed by atoms with van der Waals surface area (Å²) in [6, 6.07) is 3.49. The summed E-state index contributed by atoms with van der Waals surface area (Å²) in [6.45, 7) is 6.13. The minimum Gasteiger partial charge on any atom is -0.508 e. The van der Waals surface area contributed by atoms with Gasteiger partial charge in [0.1, 0.15) is 5.75 Å². The number of benzene rings is 1. The Morgan fingerprint density at radius 2 is 1.83 bits per heavy atom. The molecule has 1 aromatic rings. The molecule has 1 atom stereocenters. The van der Waals surface area contributed by atoms with Gasteiger partial charge in [-0.25, -0.2) is 0 Å². The maximum Gasteiger partial charge on any atom is 0.123 e. The van der Waals surface area contributed by atoms with Gasteiger partial charge < -0.3 is 10.4 Å². The lowest BCUT2D eigenvalue weighted by atomic mass is 9.97. The zero-order valence-electron chi connectivity index (χ0n) is 13.4. The van der Waals surface area contributed by atoms with E-state index in [1.807, 2.05) is 0 Å². The molecule has 0 radical (unpaired) electrons. The summed E-state index contributed by atoms with van der Waals surface area (Å²) < 4.78 is 0. The van der Waals surface area contributed by atoms with Gasteiger partial charge in [0, 0.05) is 42.8 Å². The smallest absolute Gasteiger partial charge is 0.123 e. The second-order valence-corrected chi connectivity index (χ2v) is 6.46. The number of hydrogen-bond donors (Lipinski definition) is 2. The second-order valence-electron chi connectivity index (χ2n) is 5.62. The van der Waals surface area contributed by atoms with Crippen LogP contribution >= 0.6 is 48.0 Å². The number of nitrogens with zero attached hydrogens (tertiary/aromatic N) is 1. The molecule has 0 saturated carbocycles. The molecule has 1 fully saturated rings. The highest BCUT2D eigenvalue weighted by Gasteiger charge is 2.26. The van der Waals surface area contributed by atoms with E-state index in [9.17, 15) is 5.11 Å². The first-order chi connectivity index (χ1) is 10.1. The molecule has 1 saturated heterocycles. The Balaban J connectivity index is 0.00000242. The lowest BCUT2D eigenvalue weighted by molar-refractivity contribution is 0.160. The van der Waals surface area contributed by atoms with Crippen LogP contribution in [0, 0.1) is 0 Å². The molecule has 1 aromatic carbocycles. The highest BCUT2D eigenvalue weighted by atomic mass is 35.5. The van der Waals surface area contributed by atoms with Crippen molar-refractivity contribution in [1.29, 1.82) is 0 Å². The summed E-state index contributed by atoms with van der Waals surface area (Å²) in [5.41, 5.74) is 0.832. The lowest BCUT2D eigenvalue weighted by Gasteiger charge is -2.36. The molecule has 2 N–H and O–H groups in total. The van der Waals surface area contributed by atoms with Crippen LogP contribution in [-0.4, -0.2) is 36.2 Å². The monoisotopic (exact) mass is 402 g/mol. The van der Waals surface area contributed by atoms with Crippen LogP contribution in [0.5, 0.6) is 5.75 Å². The number of halogens is 4. The van der Waals surface area contributed by atoms with E-state index >= 15 is 0 Å². The molecule has 2 rings (SSSR count). The maximum absolute atomic E-state index is 10.3. The van der Waals surface area contributed by atoms with Gasteiger partial charge >= 0.3 is 0 Å². The van der Waals surface area contributed by atoms with Crippen LogP contribution in [0.25, 0.3) is 0 Å². The number of piperazine rings is 1. The van der Waals surface area contributed by atoms with Crippen molar-refractivity contribution in [3.05, 3.63) is 27.7 Å². The minimum absolute atomic E-state index is 0. The van der Waals surface area contributed by atoms with Gasteiger partial charge in [-0.1, -0.05) is 49.4 Å². The molecule has 0 unspecified atom stereocenters. The van der Waals surface area contributed by atoms with Crippen LogP contribution in [0.1, 0.15) is 44.2 Å². The molecule has 23 heavy (non-hydrogen) atoms. The van der Waals surface area contributed by atoms with E-state index in [1.165, 1.54) is 12.8 Å². The van der Waals surface area contributed by atoms with Crippen LogP contribution in [0.4, 0.5) is 0 Å². The van der Waals surface area contributed by atoms with Crippen LogP contribution in [0.3, 0.4) is 0 Å². The Morgan fingerprint density at radius 3 is 2.39 bits per heavy atom. The summed E-state index contributed by atoms with van der Waals surface area (Å²) in [6.07, 6.45) is 4.55. The normalized spacial score (nSPS) is 16.3. The van der Waals surface area contributed by atoms with E-state index in [4.69, 9.17) is 23.2 Å². The average molecular weight is 404 g/mol. The first-order valence-corrected chi connectivity index (χ1v) is 8.51. The fourth-order valence-electron chi connectivity index (χ4n) is 2.99. The number of hydrogen-bond acceptors (Lipinski definition) is 3. The van der Waals surface area contributed by atoms with Gasteiger partial charge in [-0.3, -0.25) is 4.90 Å². The Hall–Kier alpha value is 0.1000. The van der Waals surface area contributed by atoms with E-state index in [2.05, 4.69) is 17.1 Å². The third-order valence-corrected chi connectivity index (χ3v) is 4.61. The van der Waals surface area contributed by atoms with Crippen molar-refractivity contribution in [1.82, 2.24) is 10.2 Å². The molecule has 0 aliphatic carbocycles. The first kappa shape index (κ1) is 23.1. The second kappa shape index (κ2) is 11.6. The molecule has 0 amide bonds. The molecule has 134 valence electrons. The molecular formula is C16H26Cl4N2O. The fourth-order valence-corrected chi connectivity index (χ4v) is 3.60. The third kappa shape index (κ3) is 6.49. The summed E-state index contributed by atoms with van der Waals surface area (Å²) in [5.74, 6) is 0.215. The van der Waals surface area contributed by atoms with Crippen LogP contribution in [0.2, 0.25) is 10.0 Å². The van der Waals surface area contributed by atoms with E-state index in [1.54, 1.807) is 12.1 Å². The van der Waals surface area contributed by atoms with E-state index in [-0.39, 0.29) is 36.6 Å². The van der Waals surface area contributed by atoms with Gasteiger partial charge in [0.2, 0.25) is 0 Å². The van der Waals surface area contributed by atoms with E-state index in [0.717, 1.165) is 44.6 Å². The summed E-state index contributed by atoms with van der Waals surface area (Å²) in [7, 11) is 0. The summed E-state index contributed by atoms with van der Waals surface area (Å²) in [4.78, 5) is 2.42. The predicted molar refractivity (Wildman–Crippen MR) is 104 cm³/mol. The van der Waals surface area contributed by atoms with Crippen LogP contribution in [-0.2, 0) is 0 Å². The number of aromatic hydroxyl groups is 1. The van der Waals surface area contributed by atoms with E-state index < -0.39 is 0 Å². The van der Waals surface area contributed by atoms with Crippen molar-refractivity contribution in [2.45, 2.75) is 38.6 Å². The lowest BCUT2D eigenvalue weighted by Crippen LogP contribution is -2.45. The van der Waals surface area contributed by atoms with Gasteiger partial charge in [-0.05, 0) is 18.6 Å². The Morgan fingerprint density at radius 1 is 1.17 bits per heavy atom. The number of unbranched alkanes of at least 4 members (excludes halogenated alkanes) is 2. The summed E-state index contributed by atoms with van der Waals surface area (Å²) >= 11 is 12.3. The zero-order valence-corrected chi connectivity index (χ0v) is 16.5. The highest BCUT2D eigenvalue weighted by molar-refractivity contribution is 6.35. The quantitative estimate of drug-likeness (QED) is 0.650. The van der Waals surface area contributed by atoms with Crippen molar-refractivity contribution >= 4 is 48.0 Å². The van der Waals surface area contributed by atoms with Crippen molar-refractivity contribution in [3.8, 4) is 5.75 Å². The number of phenols is 1. The first-order valence-electron chi connectivity index (χ1n) is 7.76. The number of nitrogens with one attached hydrogen (secondary N) is 1. The Bertz CT molecular complexity index is 444. The topological polar surface area (TPSA) is 35.5 Å². The third-order valence-electron chi connectivity index (χ3n) is 4.08. The van der Waals surface area contributed by atoms with Crippen molar-refractivity contribution in [2.75, 3.05) is 26.2 Å². The van der Waals surface area contributed by atoms with Crippen molar-refractivity contribution in [2.24, 2.45) is 0 Å². The van der Waals surface area contributed by atoms with Crippen LogP contribution < -0.4 is 5.32 Å². The van der Waals surface area contributed by atoms with Gasteiger partial charge in [0.05, 0.1) is 5.02 Å². The molecule has 0 aromatic heterocycles. The van der Waals surface area contributed by atoms with Gasteiger partial charge in [-0.2, -0.15) is 0 Å². The van der Waals surface area contributed by atoms with Gasteiger partial charge in [-0.15, -0.1) is 24.8 Å². The molecule has 3 nitrogen and oxygen atoms in total. The molecular weight excluding hydrogens is 378 g/mol.